The van der Waals surface area contributed by atoms with Crippen LogP contribution in [0.25, 0.3) is 6.08 Å². The Morgan fingerprint density at radius 1 is 1.20 bits per heavy atom. The van der Waals surface area contributed by atoms with E-state index >= 15 is 0 Å². The summed E-state index contributed by atoms with van der Waals surface area (Å²) in [6.45, 7) is 5.47. The van der Waals surface area contributed by atoms with E-state index < -0.39 is 0 Å². The first-order valence-corrected chi connectivity index (χ1v) is 9.25. The summed E-state index contributed by atoms with van der Waals surface area (Å²) in [5.74, 6) is 2.21. The summed E-state index contributed by atoms with van der Waals surface area (Å²) in [6, 6.07) is 5.77. The van der Waals surface area contributed by atoms with E-state index in [4.69, 9.17) is 9.47 Å². The van der Waals surface area contributed by atoms with Crippen LogP contribution < -0.4 is 14.8 Å². The number of allylic oxidation sites excluding steroid dienone is 2. The average molecular weight is 343 g/mol. The van der Waals surface area contributed by atoms with Crippen molar-refractivity contribution in [3.63, 3.8) is 0 Å². The highest BCUT2D eigenvalue weighted by Gasteiger charge is 2.12. The highest BCUT2D eigenvalue weighted by molar-refractivity contribution is 5.87. The molecule has 1 aromatic carbocycles. The summed E-state index contributed by atoms with van der Waals surface area (Å²) in [5, 5.41) is 2.96. The second kappa shape index (κ2) is 10.6. The number of nitrogens with one attached hydrogen (secondary N) is 1. The van der Waals surface area contributed by atoms with Gasteiger partial charge >= 0.3 is 0 Å². The van der Waals surface area contributed by atoms with Gasteiger partial charge in [0.25, 0.3) is 0 Å². The topological polar surface area (TPSA) is 47.6 Å². The van der Waals surface area contributed by atoms with Crippen molar-refractivity contribution in [3.05, 3.63) is 42.0 Å². The van der Waals surface area contributed by atoms with Crippen molar-refractivity contribution in [3.8, 4) is 11.5 Å². The summed E-state index contributed by atoms with van der Waals surface area (Å²) in [5.41, 5.74) is 1.01. The van der Waals surface area contributed by atoms with E-state index in [1.165, 1.54) is 25.7 Å². The normalized spacial score (nSPS) is 14.3. The van der Waals surface area contributed by atoms with Crippen LogP contribution in [-0.4, -0.2) is 19.2 Å². The van der Waals surface area contributed by atoms with Gasteiger partial charge in [0.15, 0.2) is 11.5 Å². The first kappa shape index (κ1) is 19.1. The lowest BCUT2D eigenvalue weighted by atomic mass is 9.96. The Labute approximate surface area is 150 Å². The van der Waals surface area contributed by atoms with Gasteiger partial charge in [0.1, 0.15) is 0 Å². The Kier molecular flexibility index (Phi) is 8.10. The number of fused-ring (bicyclic) bond motifs is 1. The Balaban J connectivity index is 1.69. The van der Waals surface area contributed by atoms with Gasteiger partial charge in [-0.3, -0.25) is 4.79 Å². The van der Waals surface area contributed by atoms with Gasteiger partial charge in [-0.2, -0.15) is 0 Å². The molecule has 0 bridgehead atoms. The smallest absolute Gasteiger partial charge is 0.243 e. The van der Waals surface area contributed by atoms with Crippen molar-refractivity contribution in [1.82, 2.24) is 5.32 Å². The van der Waals surface area contributed by atoms with Gasteiger partial charge in [-0.15, -0.1) is 0 Å². The van der Waals surface area contributed by atoms with E-state index in [1.54, 1.807) is 12.2 Å². The lowest BCUT2D eigenvalue weighted by Crippen LogP contribution is -2.23. The van der Waals surface area contributed by atoms with Crippen molar-refractivity contribution in [1.29, 1.82) is 0 Å². The molecule has 4 heteroatoms. The van der Waals surface area contributed by atoms with Gasteiger partial charge in [0.05, 0.1) is 0 Å². The number of hydrogen-bond donors (Lipinski definition) is 1. The zero-order valence-electron chi connectivity index (χ0n) is 15.3. The molecule has 1 N–H and O–H groups in total. The molecule has 0 saturated heterocycles. The molecule has 0 spiro atoms. The fraction of sp³-hybridized carbons (Fsp3) is 0.476. The fourth-order valence-electron chi connectivity index (χ4n) is 2.83. The van der Waals surface area contributed by atoms with Crippen LogP contribution in [0.15, 0.2) is 36.4 Å². The predicted molar refractivity (Wildman–Crippen MR) is 102 cm³/mol. The quantitative estimate of drug-likeness (QED) is 0.494. The summed E-state index contributed by atoms with van der Waals surface area (Å²) in [6.07, 6.45) is 13.1. The Morgan fingerprint density at radius 3 is 2.84 bits per heavy atom. The van der Waals surface area contributed by atoms with E-state index in [0.29, 0.717) is 0 Å². The Hall–Kier alpha value is -2.23. The van der Waals surface area contributed by atoms with Crippen LogP contribution in [0.3, 0.4) is 0 Å². The first-order chi connectivity index (χ1) is 12.2. The summed E-state index contributed by atoms with van der Waals surface area (Å²) >= 11 is 0. The Morgan fingerprint density at radius 2 is 2.04 bits per heavy atom. The monoisotopic (exact) mass is 343 g/mol. The summed E-state index contributed by atoms with van der Waals surface area (Å²) < 4.78 is 10.6. The van der Waals surface area contributed by atoms with Gasteiger partial charge in [-0.05, 0) is 30.0 Å². The van der Waals surface area contributed by atoms with Gasteiger partial charge < -0.3 is 14.8 Å². The molecular weight excluding hydrogens is 314 g/mol. The first-order valence-electron chi connectivity index (χ1n) is 9.25. The van der Waals surface area contributed by atoms with Crippen molar-refractivity contribution in [2.45, 2.75) is 46.0 Å². The SMILES string of the molecule is CCCCC(CC)CCNC(=O)C=CC=Cc1ccc2c(c1)OCO2. The molecule has 0 aromatic heterocycles. The van der Waals surface area contributed by atoms with Crippen LogP contribution in [-0.2, 0) is 4.79 Å². The van der Waals surface area contributed by atoms with E-state index in [0.717, 1.165) is 35.9 Å². The van der Waals surface area contributed by atoms with Crippen LogP contribution in [0, 0.1) is 5.92 Å². The average Bonchev–Trinajstić information content (AvgIpc) is 3.09. The van der Waals surface area contributed by atoms with Gasteiger partial charge in [-0.1, -0.05) is 63.8 Å². The highest BCUT2D eigenvalue weighted by atomic mass is 16.7. The zero-order chi connectivity index (χ0) is 17.9. The number of benzene rings is 1. The maximum atomic E-state index is 11.8. The molecular formula is C21H29NO3. The molecule has 1 atom stereocenters. The molecule has 1 amide bonds. The molecule has 136 valence electrons. The maximum Gasteiger partial charge on any atom is 0.243 e. The van der Waals surface area contributed by atoms with Crippen molar-refractivity contribution in [2.75, 3.05) is 13.3 Å². The van der Waals surface area contributed by atoms with Crippen LogP contribution in [0.2, 0.25) is 0 Å². The number of carbonyl (C=O) groups excluding carboxylic acids is 1. The minimum atomic E-state index is -0.0410. The number of hydrogen-bond acceptors (Lipinski definition) is 3. The third-order valence-electron chi connectivity index (χ3n) is 4.44. The number of rotatable bonds is 10. The number of ether oxygens (including phenoxy) is 2. The molecule has 4 nitrogen and oxygen atoms in total. The molecule has 1 heterocycles. The summed E-state index contributed by atoms with van der Waals surface area (Å²) in [4.78, 5) is 11.8. The minimum absolute atomic E-state index is 0.0410. The standard InChI is InChI=1S/C21H29NO3/c1-3-5-8-17(4-2)13-14-22-21(23)10-7-6-9-18-11-12-19-20(15-18)25-16-24-19/h6-7,9-12,15,17H,3-5,8,13-14,16H2,1-2H3,(H,22,23). The molecule has 0 fully saturated rings. The largest absolute Gasteiger partial charge is 0.454 e. The molecule has 0 saturated carbocycles. The summed E-state index contributed by atoms with van der Waals surface area (Å²) in [7, 11) is 0. The molecule has 0 radical (unpaired) electrons. The zero-order valence-corrected chi connectivity index (χ0v) is 15.3. The van der Waals surface area contributed by atoms with Crippen molar-refractivity contribution < 1.29 is 14.3 Å². The van der Waals surface area contributed by atoms with Crippen molar-refractivity contribution >= 4 is 12.0 Å². The second-order valence-corrected chi connectivity index (χ2v) is 6.33. The van der Waals surface area contributed by atoms with Gasteiger partial charge in [-0.25, -0.2) is 0 Å². The number of amides is 1. The van der Waals surface area contributed by atoms with Crippen LogP contribution in [0.1, 0.15) is 51.5 Å². The van der Waals surface area contributed by atoms with E-state index in [9.17, 15) is 4.79 Å². The predicted octanol–water partition coefficient (Wildman–Crippen LogP) is 4.71. The second-order valence-electron chi connectivity index (χ2n) is 6.33. The molecule has 1 aromatic rings. The van der Waals surface area contributed by atoms with E-state index in [-0.39, 0.29) is 12.7 Å². The maximum absolute atomic E-state index is 11.8. The van der Waals surface area contributed by atoms with E-state index in [2.05, 4.69) is 19.2 Å². The molecule has 1 aliphatic heterocycles. The number of carbonyl (C=O) groups is 1. The fourth-order valence-corrected chi connectivity index (χ4v) is 2.83. The molecule has 0 aliphatic carbocycles. The van der Waals surface area contributed by atoms with Crippen LogP contribution in [0.4, 0.5) is 0 Å². The lowest BCUT2D eigenvalue weighted by molar-refractivity contribution is -0.116. The van der Waals surface area contributed by atoms with Gasteiger partial charge in [0.2, 0.25) is 12.7 Å². The lowest BCUT2D eigenvalue weighted by Gasteiger charge is -2.14. The minimum Gasteiger partial charge on any atom is -0.454 e. The molecule has 1 aliphatic rings. The molecule has 25 heavy (non-hydrogen) atoms. The van der Waals surface area contributed by atoms with E-state index in [1.807, 2.05) is 30.4 Å². The third-order valence-corrected chi connectivity index (χ3v) is 4.44. The van der Waals surface area contributed by atoms with Crippen LogP contribution >= 0.6 is 0 Å². The third kappa shape index (κ3) is 6.65. The van der Waals surface area contributed by atoms with Gasteiger partial charge in [0, 0.05) is 12.6 Å². The molecule has 1 unspecified atom stereocenters. The Bertz CT molecular complexity index is 607. The highest BCUT2D eigenvalue weighted by Crippen LogP contribution is 2.32. The van der Waals surface area contributed by atoms with Crippen molar-refractivity contribution in [2.24, 2.45) is 5.92 Å². The molecule has 2 rings (SSSR count). The number of unbranched alkanes of at least 4 members (excludes halogenated alkanes) is 1. The van der Waals surface area contributed by atoms with Crippen LogP contribution in [0.5, 0.6) is 11.5 Å².